The van der Waals surface area contributed by atoms with Gasteiger partial charge in [-0.2, -0.15) is 0 Å². The molecule has 0 bridgehead atoms. The lowest BCUT2D eigenvalue weighted by atomic mass is 10.2. The van der Waals surface area contributed by atoms with E-state index in [-0.39, 0.29) is 11.6 Å². The van der Waals surface area contributed by atoms with Gasteiger partial charge in [0, 0.05) is 5.33 Å². The molecule has 0 aliphatic rings. The second-order valence-corrected chi connectivity index (χ2v) is 3.54. The van der Waals surface area contributed by atoms with Crippen molar-refractivity contribution in [1.82, 2.24) is 0 Å². The van der Waals surface area contributed by atoms with Gasteiger partial charge in [-0.15, -0.1) is 0 Å². The number of hydrogen-bond acceptors (Lipinski definition) is 1. The summed E-state index contributed by atoms with van der Waals surface area (Å²) in [5.41, 5.74) is 0.869. The zero-order valence-corrected chi connectivity index (χ0v) is 9.58. The van der Waals surface area contributed by atoms with E-state index in [2.05, 4.69) is 31.9 Å². The third kappa shape index (κ3) is 1.80. The quantitative estimate of drug-likeness (QED) is 0.759. The summed E-state index contributed by atoms with van der Waals surface area (Å²) < 4.78 is 18.5. The highest BCUT2D eigenvalue weighted by Gasteiger charge is 2.09. The second-order valence-electron chi connectivity index (χ2n) is 2.19. The largest absolute Gasteiger partial charge is 0.494 e. The number of halogens is 3. The fraction of sp³-hybridized carbons (Fsp3) is 0.250. The summed E-state index contributed by atoms with van der Waals surface area (Å²) >= 11 is 6.40. The van der Waals surface area contributed by atoms with Crippen molar-refractivity contribution in [3.63, 3.8) is 0 Å². The van der Waals surface area contributed by atoms with Crippen LogP contribution in [-0.4, -0.2) is 7.11 Å². The second kappa shape index (κ2) is 4.23. The highest BCUT2D eigenvalue weighted by Crippen LogP contribution is 2.29. The molecule has 4 heteroatoms. The van der Waals surface area contributed by atoms with E-state index >= 15 is 0 Å². The van der Waals surface area contributed by atoms with E-state index < -0.39 is 0 Å². The molecule has 0 saturated heterocycles. The molecule has 0 heterocycles. The number of benzene rings is 1. The fourth-order valence-electron chi connectivity index (χ4n) is 0.833. The lowest BCUT2D eigenvalue weighted by Gasteiger charge is -2.05. The van der Waals surface area contributed by atoms with Gasteiger partial charge >= 0.3 is 0 Å². The Morgan fingerprint density at radius 3 is 2.67 bits per heavy atom. The Bertz CT molecular complexity index is 260. The minimum atomic E-state index is -0.352. The maximum absolute atomic E-state index is 13.3. The van der Waals surface area contributed by atoms with Crippen molar-refractivity contribution in [2.24, 2.45) is 0 Å². The minimum Gasteiger partial charge on any atom is -0.494 e. The van der Waals surface area contributed by atoms with Crippen LogP contribution in [-0.2, 0) is 5.33 Å². The third-order valence-electron chi connectivity index (χ3n) is 1.49. The molecule has 0 atom stereocenters. The first-order valence-electron chi connectivity index (χ1n) is 3.27. The SMILES string of the molecule is COc1ccc(CBr)c(Br)c1F. The predicted molar refractivity (Wildman–Crippen MR) is 53.3 cm³/mol. The highest BCUT2D eigenvalue weighted by molar-refractivity contribution is 9.10. The minimum absolute atomic E-state index is 0.256. The highest BCUT2D eigenvalue weighted by atomic mass is 79.9. The van der Waals surface area contributed by atoms with Crippen LogP contribution in [0.15, 0.2) is 16.6 Å². The van der Waals surface area contributed by atoms with Gasteiger partial charge in [-0.1, -0.05) is 22.0 Å². The summed E-state index contributed by atoms with van der Waals surface area (Å²) in [5.74, 6) is -0.0963. The van der Waals surface area contributed by atoms with Crippen molar-refractivity contribution in [2.45, 2.75) is 5.33 Å². The molecule has 0 aromatic heterocycles. The molecule has 0 aliphatic carbocycles. The fourth-order valence-corrected chi connectivity index (χ4v) is 2.14. The topological polar surface area (TPSA) is 9.23 Å². The van der Waals surface area contributed by atoms with Gasteiger partial charge in [0.05, 0.1) is 11.6 Å². The maximum Gasteiger partial charge on any atom is 0.179 e. The van der Waals surface area contributed by atoms with Crippen molar-refractivity contribution in [1.29, 1.82) is 0 Å². The van der Waals surface area contributed by atoms with Crippen LogP contribution in [0, 0.1) is 5.82 Å². The first-order chi connectivity index (χ1) is 5.70. The first kappa shape index (κ1) is 9.99. The predicted octanol–water partition coefficient (Wildman–Crippen LogP) is 3.49. The summed E-state index contributed by atoms with van der Waals surface area (Å²) in [6.07, 6.45) is 0. The Hall–Kier alpha value is -0.0900. The van der Waals surface area contributed by atoms with Crippen LogP contribution in [0.3, 0.4) is 0 Å². The van der Waals surface area contributed by atoms with E-state index in [1.54, 1.807) is 12.1 Å². The Balaban J connectivity index is 3.20. The van der Waals surface area contributed by atoms with Gasteiger partial charge in [-0.05, 0) is 27.6 Å². The molecule has 0 unspecified atom stereocenters. The van der Waals surface area contributed by atoms with Gasteiger partial charge in [0.2, 0.25) is 0 Å². The van der Waals surface area contributed by atoms with Crippen molar-refractivity contribution in [3.8, 4) is 5.75 Å². The van der Waals surface area contributed by atoms with Crippen molar-refractivity contribution in [2.75, 3.05) is 7.11 Å². The Morgan fingerprint density at radius 2 is 2.17 bits per heavy atom. The normalized spacial score (nSPS) is 10.0. The molecule has 0 N–H and O–H groups in total. The molecule has 12 heavy (non-hydrogen) atoms. The van der Waals surface area contributed by atoms with Crippen LogP contribution < -0.4 is 4.74 Å². The molecular weight excluding hydrogens is 291 g/mol. The summed E-state index contributed by atoms with van der Waals surface area (Å²) in [6, 6.07) is 3.41. The number of alkyl halides is 1. The first-order valence-corrected chi connectivity index (χ1v) is 5.19. The number of hydrogen-bond donors (Lipinski definition) is 0. The lowest BCUT2D eigenvalue weighted by Crippen LogP contribution is -1.91. The molecule has 0 spiro atoms. The van der Waals surface area contributed by atoms with E-state index in [4.69, 9.17) is 4.74 Å². The number of rotatable bonds is 2. The van der Waals surface area contributed by atoms with Crippen LogP contribution in [0.1, 0.15) is 5.56 Å². The smallest absolute Gasteiger partial charge is 0.179 e. The summed E-state index contributed by atoms with van der Waals surface area (Å²) in [7, 11) is 1.44. The standard InChI is InChI=1S/C8H7Br2FO/c1-12-6-3-2-5(4-9)7(10)8(6)11/h2-3H,4H2,1H3. The molecular formula is C8H7Br2FO. The van der Waals surface area contributed by atoms with Crippen molar-refractivity contribution >= 4 is 31.9 Å². The number of ether oxygens (including phenoxy) is 1. The van der Waals surface area contributed by atoms with Crippen molar-refractivity contribution < 1.29 is 9.13 Å². The summed E-state index contributed by atoms with van der Waals surface area (Å²) in [4.78, 5) is 0. The Labute approximate surface area is 87.2 Å². The molecule has 1 nitrogen and oxygen atoms in total. The van der Waals surface area contributed by atoms with Crippen LogP contribution in [0.25, 0.3) is 0 Å². The molecule has 0 radical (unpaired) electrons. The molecule has 66 valence electrons. The van der Waals surface area contributed by atoms with E-state index in [0.717, 1.165) is 5.56 Å². The van der Waals surface area contributed by atoms with E-state index in [9.17, 15) is 4.39 Å². The number of methoxy groups -OCH3 is 1. The molecule has 1 aromatic carbocycles. The Morgan fingerprint density at radius 1 is 1.50 bits per heavy atom. The van der Waals surface area contributed by atoms with Gasteiger partial charge in [0.15, 0.2) is 11.6 Å². The average molecular weight is 298 g/mol. The summed E-state index contributed by atoms with van der Waals surface area (Å²) in [5, 5.41) is 0.620. The monoisotopic (exact) mass is 296 g/mol. The molecule has 0 aliphatic heterocycles. The lowest BCUT2D eigenvalue weighted by molar-refractivity contribution is 0.385. The van der Waals surface area contributed by atoms with Crippen molar-refractivity contribution in [3.05, 3.63) is 28.0 Å². The molecule has 1 aromatic rings. The zero-order valence-electron chi connectivity index (χ0n) is 6.40. The van der Waals surface area contributed by atoms with E-state index in [1.807, 2.05) is 0 Å². The van der Waals surface area contributed by atoms with Crippen LogP contribution >= 0.6 is 31.9 Å². The average Bonchev–Trinajstić information content (AvgIpc) is 2.10. The van der Waals surface area contributed by atoms with Gasteiger partial charge in [0.25, 0.3) is 0 Å². The molecule has 0 fully saturated rings. The molecule has 0 saturated carbocycles. The van der Waals surface area contributed by atoms with Crippen LogP contribution in [0.5, 0.6) is 5.75 Å². The van der Waals surface area contributed by atoms with Gasteiger partial charge in [-0.25, -0.2) is 4.39 Å². The molecule has 0 amide bonds. The van der Waals surface area contributed by atoms with Gasteiger partial charge < -0.3 is 4.74 Å². The zero-order chi connectivity index (χ0) is 9.14. The van der Waals surface area contributed by atoms with Crippen LogP contribution in [0.4, 0.5) is 4.39 Å². The van der Waals surface area contributed by atoms with Gasteiger partial charge in [0.1, 0.15) is 0 Å². The summed E-state index contributed by atoms with van der Waals surface area (Å²) in [6.45, 7) is 0. The third-order valence-corrected chi connectivity index (χ3v) is 2.95. The maximum atomic E-state index is 13.3. The van der Waals surface area contributed by atoms with Gasteiger partial charge in [-0.3, -0.25) is 0 Å². The molecule has 1 rings (SSSR count). The van der Waals surface area contributed by atoms with E-state index in [1.165, 1.54) is 7.11 Å². The van der Waals surface area contributed by atoms with Crippen LogP contribution in [0.2, 0.25) is 0 Å². The van der Waals surface area contributed by atoms with E-state index in [0.29, 0.717) is 9.80 Å². The Kier molecular flexibility index (Phi) is 3.53.